The first-order chi connectivity index (χ1) is 15.4. The fourth-order valence-corrected chi connectivity index (χ4v) is 4.38. The zero-order valence-electron chi connectivity index (χ0n) is 18.5. The molecule has 0 saturated carbocycles. The lowest BCUT2D eigenvalue weighted by molar-refractivity contribution is -0.117. The van der Waals surface area contributed by atoms with Crippen LogP contribution in [0.25, 0.3) is 11.0 Å². The highest BCUT2D eigenvalue weighted by atomic mass is 32.2. The first kappa shape index (κ1) is 22.1. The molecule has 1 N–H and O–H groups in total. The topological polar surface area (TPSA) is 78.4 Å². The first-order valence-electron chi connectivity index (χ1n) is 10.7. The van der Waals surface area contributed by atoms with Crippen LogP contribution in [0.4, 0.5) is 17.3 Å². The molecule has 1 unspecified atom stereocenters. The number of amides is 2. The van der Waals surface area contributed by atoms with E-state index in [0.29, 0.717) is 18.2 Å². The van der Waals surface area contributed by atoms with Crippen LogP contribution < -0.4 is 15.1 Å². The van der Waals surface area contributed by atoms with Crippen LogP contribution in [0.15, 0.2) is 48.5 Å². The van der Waals surface area contributed by atoms with Crippen LogP contribution in [0.5, 0.6) is 0 Å². The minimum absolute atomic E-state index is 0.0562. The van der Waals surface area contributed by atoms with E-state index in [4.69, 9.17) is 9.97 Å². The zero-order chi connectivity index (χ0) is 22.7. The van der Waals surface area contributed by atoms with E-state index in [1.54, 1.807) is 4.90 Å². The van der Waals surface area contributed by atoms with Gasteiger partial charge in [0.2, 0.25) is 11.8 Å². The van der Waals surface area contributed by atoms with Crippen LogP contribution in [-0.2, 0) is 9.59 Å². The number of benzene rings is 2. The Hall–Kier alpha value is -3.13. The fraction of sp³-hybridized carbons (Fsp3) is 0.333. The monoisotopic (exact) mass is 449 g/mol. The maximum atomic E-state index is 13.4. The zero-order valence-corrected chi connectivity index (χ0v) is 19.4. The number of hydrogen-bond donors (Lipinski definition) is 1. The first-order valence-corrected chi connectivity index (χ1v) is 11.7. The van der Waals surface area contributed by atoms with Gasteiger partial charge in [-0.2, -0.15) is 0 Å². The minimum Gasteiger partial charge on any atom is -0.357 e. The minimum atomic E-state index is -0.386. The maximum Gasteiger partial charge on any atom is 0.241 e. The number of carbonyl (C=O) groups is 2. The highest BCUT2D eigenvalue weighted by Crippen LogP contribution is 2.31. The SMILES string of the molecule is Cc1ccc(NC(=O)CSC(C)C(=O)N2CCCN(C)c3nc4ccccc4nc32)cc1. The number of nitrogens with one attached hydrogen (secondary N) is 1. The molecule has 1 aromatic heterocycles. The Bertz CT molecular complexity index is 1130. The average molecular weight is 450 g/mol. The summed E-state index contributed by atoms with van der Waals surface area (Å²) >= 11 is 1.33. The Morgan fingerprint density at radius 2 is 1.69 bits per heavy atom. The van der Waals surface area contributed by atoms with Crippen molar-refractivity contribution in [2.45, 2.75) is 25.5 Å². The van der Waals surface area contributed by atoms with Crippen molar-refractivity contribution < 1.29 is 9.59 Å². The Morgan fingerprint density at radius 3 is 2.38 bits per heavy atom. The van der Waals surface area contributed by atoms with Gasteiger partial charge < -0.3 is 10.2 Å². The van der Waals surface area contributed by atoms with E-state index in [1.165, 1.54) is 11.8 Å². The van der Waals surface area contributed by atoms with Gasteiger partial charge in [0.15, 0.2) is 11.6 Å². The van der Waals surface area contributed by atoms with Gasteiger partial charge in [-0.15, -0.1) is 11.8 Å². The van der Waals surface area contributed by atoms with Crippen LogP contribution >= 0.6 is 11.8 Å². The van der Waals surface area contributed by atoms with Gasteiger partial charge in [-0.25, -0.2) is 9.97 Å². The highest BCUT2D eigenvalue weighted by molar-refractivity contribution is 8.01. The second kappa shape index (κ2) is 9.56. The molecule has 2 aromatic carbocycles. The predicted octanol–water partition coefficient (Wildman–Crippen LogP) is 3.87. The molecule has 7 nitrogen and oxygen atoms in total. The number of rotatable bonds is 5. The van der Waals surface area contributed by atoms with E-state index >= 15 is 0 Å². The van der Waals surface area contributed by atoms with Gasteiger partial charge in [0.05, 0.1) is 22.0 Å². The number of para-hydroxylation sites is 2. The smallest absolute Gasteiger partial charge is 0.241 e. The number of thioether (sulfide) groups is 1. The number of nitrogens with zero attached hydrogens (tertiary/aromatic N) is 4. The van der Waals surface area contributed by atoms with Gasteiger partial charge in [0, 0.05) is 25.8 Å². The van der Waals surface area contributed by atoms with E-state index in [0.717, 1.165) is 35.2 Å². The van der Waals surface area contributed by atoms with Crippen molar-refractivity contribution in [2.24, 2.45) is 0 Å². The molecule has 0 spiro atoms. The molecular formula is C24H27N5O2S. The van der Waals surface area contributed by atoms with Gasteiger partial charge >= 0.3 is 0 Å². The molecule has 32 heavy (non-hydrogen) atoms. The third-order valence-electron chi connectivity index (χ3n) is 5.44. The Kier molecular flexibility index (Phi) is 6.60. The van der Waals surface area contributed by atoms with Crippen molar-refractivity contribution >= 4 is 51.9 Å². The molecule has 4 rings (SSSR count). The molecule has 1 aliphatic rings. The number of anilines is 3. The summed E-state index contributed by atoms with van der Waals surface area (Å²) in [6.07, 6.45) is 0.821. The molecule has 0 bridgehead atoms. The standard InChI is InChI=1S/C24H27N5O2S/c1-16-9-11-18(12-10-16)25-21(30)15-32-17(2)24(31)29-14-6-13-28(3)22-23(29)27-20-8-5-4-7-19(20)26-22/h4-5,7-12,17H,6,13-15H2,1-3H3,(H,25,30). The molecule has 0 fully saturated rings. The van der Waals surface area contributed by atoms with Crippen LogP contribution in [0, 0.1) is 6.92 Å². The summed E-state index contributed by atoms with van der Waals surface area (Å²) in [7, 11) is 1.98. The number of carbonyl (C=O) groups excluding carboxylic acids is 2. The van der Waals surface area contributed by atoms with Gasteiger partial charge in [-0.3, -0.25) is 14.5 Å². The molecule has 1 atom stereocenters. The third kappa shape index (κ3) is 4.85. The largest absolute Gasteiger partial charge is 0.357 e. The molecule has 8 heteroatoms. The Morgan fingerprint density at radius 1 is 1.03 bits per heavy atom. The number of aryl methyl sites for hydroxylation is 1. The van der Waals surface area contributed by atoms with Crippen molar-refractivity contribution in [3.8, 4) is 0 Å². The number of hydrogen-bond acceptors (Lipinski definition) is 6. The normalized spacial score (nSPS) is 14.6. The molecule has 2 heterocycles. The van der Waals surface area contributed by atoms with E-state index in [1.807, 2.05) is 69.4 Å². The lowest BCUT2D eigenvalue weighted by atomic mass is 10.2. The molecular weight excluding hydrogens is 422 g/mol. The summed E-state index contributed by atoms with van der Waals surface area (Å²) in [5.41, 5.74) is 3.46. The van der Waals surface area contributed by atoms with Crippen LogP contribution in [-0.4, -0.2) is 52.9 Å². The van der Waals surface area contributed by atoms with Crippen molar-refractivity contribution in [1.82, 2.24) is 9.97 Å². The lowest BCUT2D eigenvalue weighted by Gasteiger charge is -2.25. The Labute approximate surface area is 192 Å². The summed E-state index contributed by atoms with van der Waals surface area (Å²) in [5.74, 6) is 1.32. The summed E-state index contributed by atoms with van der Waals surface area (Å²) in [5, 5.41) is 2.50. The molecule has 3 aromatic rings. The number of fused-ring (bicyclic) bond motifs is 2. The second-order valence-corrected chi connectivity index (χ2v) is 9.32. The van der Waals surface area contributed by atoms with Crippen LogP contribution in [0.1, 0.15) is 18.9 Å². The lowest BCUT2D eigenvalue weighted by Crippen LogP contribution is -2.38. The van der Waals surface area contributed by atoms with E-state index in [9.17, 15) is 9.59 Å². The molecule has 0 radical (unpaired) electrons. The molecule has 0 saturated heterocycles. The highest BCUT2D eigenvalue weighted by Gasteiger charge is 2.30. The van der Waals surface area contributed by atoms with Gasteiger partial charge in [0.1, 0.15) is 0 Å². The van der Waals surface area contributed by atoms with Gasteiger partial charge in [-0.1, -0.05) is 29.8 Å². The van der Waals surface area contributed by atoms with Crippen molar-refractivity contribution in [3.63, 3.8) is 0 Å². The molecule has 1 aliphatic heterocycles. The van der Waals surface area contributed by atoms with Gasteiger partial charge in [-0.05, 0) is 44.5 Å². The predicted molar refractivity (Wildman–Crippen MR) is 132 cm³/mol. The fourth-order valence-electron chi connectivity index (χ4n) is 3.64. The summed E-state index contributed by atoms with van der Waals surface area (Å²) in [4.78, 5) is 39.0. The van der Waals surface area contributed by atoms with E-state index < -0.39 is 0 Å². The van der Waals surface area contributed by atoms with E-state index in [-0.39, 0.29) is 22.8 Å². The van der Waals surface area contributed by atoms with Crippen molar-refractivity contribution in [1.29, 1.82) is 0 Å². The third-order valence-corrected chi connectivity index (χ3v) is 6.57. The summed E-state index contributed by atoms with van der Waals surface area (Å²) < 4.78 is 0. The second-order valence-electron chi connectivity index (χ2n) is 7.99. The van der Waals surface area contributed by atoms with Crippen LogP contribution in [0.2, 0.25) is 0 Å². The molecule has 166 valence electrons. The Balaban J connectivity index is 1.47. The molecule has 0 aliphatic carbocycles. The van der Waals surface area contributed by atoms with Gasteiger partial charge in [0.25, 0.3) is 0 Å². The van der Waals surface area contributed by atoms with Crippen LogP contribution in [0.3, 0.4) is 0 Å². The van der Waals surface area contributed by atoms with Crippen molar-refractivity contribution in [2.75, 3.05) is 41.0 Å². The quantitative estimate of drug-likeness (QED) is 0.637. The number of aromatic nitrogens is 2. The van der Waals surface area contributed by atoms with Crippen molar-refractivity contribution in [3.05, 3.63) is 54.1 Å². The summed E-state index contributed by atoms with van der Waals surface area (Å²) in [6, 6.07) is 15.3. The average Bonchev–Trinajstić information content (AvgIpc) is 2.95. The maximum absolute atomic E-state index is 13.4. The molecule has 2 amide bonds. The summed E-state index contributed by atoms with van der Waals surface area (Å²) in [6.45, 7) is 5.21. The van der Waals surface area contributed by atoms with E-state index in [2.05, 4.69) is 10.2 Å².